The topological polar surface area (TPSA) is 76.0 Å². The smallest absolute Gasteiger partial charge is 0.265 e. The van der Waals surface area contributed by atoms with Crippen LogP contribution in [0.5, 0.6) is 0 Å². The second-order valence-corrected chi connectivity index (χ2v) is 8.24. The van der Waals surface area contributed by atoms with E-state index in [4.69, 9.17) is 0 Å². The van der Waals surface area contributed by atoms with Crippen LogP contribution in [0.15, 0.2) is 48.5 Å². The van der Waals surface area contributed by atoms with Crippen LogP contribution in [0, 0.1) is 19.7 Å². The van der Waals surface area contributed by atoms with E-state index in [-0.39, 0.29) is 17.6 Å². The molecule has 2 N–H and O–H groups in total. The number of halogens is 1. The molecular weight excluding hydrogens is 415 g/mol. The van der Waals surface area contributed by atoms with E-state index in [9.17, 15) is 14.0 Å². The minimum Gasteiger partial charge on any atom is -0.355 e. The molecule has 0 aliphatic heterocycles. The van der Waals surface area contributed by atoms with Crippen molar-refractivity contribution >= 4 is 39.1 Å². The minimum atomic E-state index is -0.281. The van der Waals surface area contributed by atoms with Gasteiger partial charge in [-0.1, -0.05) is 18.2 Å². The van der Waals surface area contributed by atoms with E-state index in [1.54, 1.807) is 44.3 Å². The fraction of sp³-hybridized carbons (Fsp3) is 0.174. The molecule has 2 aromatic heterocycles. The zero-order valence-corrected chi connectivity index (χ0v) is 18.1. The lowest BCUT2D eigenvalue weighted by molar-refractivity contribution is 0.0961. The maximum atomic E-state index is 13.2. The van der Waals surface area contributed by atoms with Crippen molar-refractivity contribution in [2.45, 2.75) is 20.4 Å². The third-order valence-corrected chi connectivity index (χ3v) is 6.28. The van der Waals surface area contributed by atoms with E-state index in [1.807, 2.05) is 17.7 Å². The normalized spacial score (nSPS) is 11.0. The van der Waals surface area contributed by atoms with E-state index >= 15 is 0 Å². The monoisotopic (exact) mass is 436 g/mol. The molecule has 0 unspecified atom stereocenters. The van der Waals surface area contributed by atoms with E-state index in [2.05, 4.69) is 15.7 Å². The molecule has 2 amide bonds. The molecule has 8 heteroatoms. The first-order valence-corrected chi connectivity index (χ1v) is 10.5. The van der Waals surface area contributed by atoms with Gasteiger partial charge in [-0.3, -0.25) is 14.3 Å². The molecule has 0 bridgehead atoms. The molecule has 31 heavy (non-hydrogen) atoms. The average Bonchev–Trinajstić information content (AvgIpc) is 3.32. The molecule has 0 aliphatic rings. The van der Waals surface area contributed by atoms with Crippen molar-refractivity contribution in [1.82, 2.24) is 15.1 Å². The Kier molecular flexibility index (Phi) is 5.56. The molecule has 0 fully saturated rings. The number of hydrogen-bond acceptors (Lipinski definition) is 4. The second-order valence-electron chi connectivity index (χ2n) is 7.21. The summed E-state index contributed by atoms with van der Waals surface area (Å²) in [5.74, 6) is -0.727. The molecule has 0 saturated carbocycles. The Hall–Kier alpha value is -3.52. The van der Waals surface area contributed by atoms with Gasteiger partial charge in [0.15, 0.2) is 0 Å². The number of amides is 2. The van der Waals surface area contributed by atoms with Crippen molar-refractivity contribution in [2.75, 3.05) is 12.4 Å². The highest BCUT2D eigenvalue weighted by molar-refractivity contribution is 7.20. The summed E-state index contributed by atoms with van der Waals surface area (Å²) < 4.78 is 15.0. The van der Waals surface area contributed by atoms with E-state index in [0.717, 1.165) is 21.5 Å². The summed E-state index contributed by atoms with van der Waals surface area (Å²) in [7, 11) is 1.57. The highest BCUT2D eigenvalue weighted by Crippen LogP contribution is 2.30. The summed E-state index contributed by atoms with van der Waals surface area (Å²) in [5, 5.41) is 11.0. The van der Waals surface area contributed by atoms with Crippen LogP contribution in [-0.2, 0) is 6.54 Å². The summed E-state index contributed by atoms with van der Waals surface area (Å²) in [5.41, 5.74) is 3.56. The summed E-state index contributed by atoms with van der Waals surface area (Å²) in [6.45, 7) is 4.18. The maximum Gasteiger partial charge on any atom is 0.265 e. The molecule has 4 rings (SSSR count). The fourth-order valence-corrected chi connectivity index (χ4v) is 4.49. The van der Waals surface area contributed by atoms with Gasteiger partial charge in [0.2, 0.25) is 0 Å². The number of anilines is 1. The lowest BCUT2D eigenvalue weighted by Crippen LogP contribution is -2.20. The molecule has 0 saturated heterocycles. The molecule has 2 aromatic carbocycles. The third-order valence-electron chi connectivity index (χ3n) is 5.13. The number of aromatic nitrogens is 2. The standard InChI is InChI=1S/C23H21FN4O2S/c1-13-17(21(29)25-3)5-4-6-19(13)26-22(30)20-11-18-14(2)27-28(23(18)31-20)12-15-7-9-16(24)10-8-15/h4-11H,12H2,1-3H3,(H,25,29)(H,26,30). The number of fused-ring (bicyclic) bond motifs is 1. The van der Waals surface area contributed by atoms with Crippen molar-refractivity contribution < 1.29 is 14.0 Å². The Morgan fingerprint density at radius 2 is 1.84 bits per heavy atom. The van der Waals surface area contributed by atoms with Gasteiger partial charge in [-0.15, -0.1) is 11.3 Å². The van der Waals surface area contributed by atoms with Crippen LogP contribution in [0.1, 0.15) is 36.9 Å². The summed E-state index contributed by atoms with van der Waals surface area (Å²) >= 11 is 1.35. The third kappa shape index (κ3) is 4.06. The van der Waals surface area contributed by atoms with Crippen LogP contribution in [0.3, 0.4) is 0 Å². The fourth-order valence-electron chi connectivity index (χ4n) is 3.43. The number of benzene rings is 2. The van der Waals surface area contributed by atoms with Crippen molar-refractivity contribution in [2.24, 2.45) is 0 Å². The molecule has 4 aromatic rings. The maximum absolute atomic E-state index is 13.2. The first kappa shape index (κ1) is 20.7. The van der Waals surface area contributed by atoms with Gasteiger partial charge in [-0.05, 0) is 55.3 Å². The van der Waals surface area contributed by atoms with E-state index < -0.39 is 0 Å². The molecule has 0 atom stereocenters. The average molecular weight is 437 g/mol. The largest absolute Gasteiger partial charge is 0.355 e. The zero-order chi connectivity index (χ0) is 22.1. The second kappa shape index (κ2) is 8.31. The number of hydrogen-bond donors (Lipinski definition) is 2. The lowest BCUT2D eigenvalue weighted by Gasteiger charge is -2.11. The first-order valence-electron chi connectivity index (χ1n) is 9.72. The number of nitrogens with zero attached hydrogens (tertiary/aromatic N) is 2. The van der Waals surface area contributed by atoms with Crippen LogP contribution in [0.2, 0.25) is 0 Å². The molecule has 0 radical (unpaired) electrons. The van der Waals surface area contributed by atoms with Crippen LogP contribution in [-0.4, -0.2) is 28.6 Å². The van der Waals surface area contributed by atoms with Crippen molar-refractivity contribution in [3.8, 4) is 0 Å². The van der Waals surface area contributed by atoms with Gasteiger partial charge in [0.1, 0.15) is 10.6 Å². The first-order chi connectivity index (χ1) is 14.9. The molecule has 6 nitrogen and oxygen atoms in total. The Bertz CT molecular complexity index is 1290. The zero-order valence-electron chi connectivity index (χ0n) is 17.3. The van der Waals surface area contributed by atoms with Crippen LogP contribution < -0.4 is 10.6 Å². The number of rotatable bonds is 5. The van der Waals surface area contributed by atoms with Gasteiger partial charge >= 0.3 is 0 Å². The number of nitrogens with one attached hydrogen (secondary N) is 2. The van der Waals surface area contributed by atoms with Gasteiger partial charge in [0, 0.05) is 23.7 Å². The van der Waals surface area contributed by atoms with Crippen LogP contribution >= 0.6 is 11.3 Å². The number of carbonyl (C=O) groups excluding carboxylic acids is 2. The number of carbonyl (C=O) groups is 2. The van der Waals surface area contributed by atoms with E-state index in [0.29, 0.717) is 28.2 Å². The van der Waals surface area contributed by atoms with Gasteiger partial charge in [-0.25, -0.2) is 4.39 Å². The number of aryl methyl sites for hydroxylation is 1. The predicted molar refractivity (Wildman–Crippen MR) is 120 cm³/mol. The number of thiophene rings is 1. The Balaban J connectivity index is 1.61. The summed E-state index contributed by atoms with van der Waals surface area (Å²) in [6.07, 6.45) is 0. The van der Waals surface area contributed by atoms with Gasteiger partial charge in [0.25, 0.3) is 11.8 Å². The summed E-state index contributed by atoms with van der Waals surface area (Å²) in [4.78, 5) is 26.4. The Morgan fingerprint density at radius 1 is 1.10 bits per heavy atom. The van der Waals surface area contributed by atoms with Crippen molar-refractivity contribution in [1.29, 1.82) is 0 Å². The van der Waals surface area contributed by atoms with Crippen LogP contribution in [0.4, 0.5) is 10.1 Å². The van der Waals surface area contributed by atoms with Crippen molar-refractivity contribution in [3.63, 3.8) is 0 Å². The highest BCUT2D eigenvalue weighted by atomic mass is 32.1. The molecular formula is C23H21FN4O2S. The van der Waals surface area contributed by atoms with Crippen LogP contribution in [0.25, 0.3) is 10.2 Å². The summed E-state index contributed by atoms with van der Waals surface area (Å²) in [6, 6.07) is 13.4. The highest BCUT2D eigenvalue weighted by Gasteiger charge is 2.18. The van der Waals surface area contributed by atoms with E-state index in [1.165, 1.54) is 23.5 Å². The quantitative estimate of drug-likeness (QED) is 0.483. The molecule has 158 valence electrons. The molecule has 0 aliphatic carbocycles. The lowest BCUT2D eigenvalue weighted by atomic mass is 10.1. The van der Waals surface area contributed by atoms with Gasteiger partial charge in [0.05, 0.1) is 17.1 Å². The molecule has 0 spiro atoms. The Morgan fingerprint density at radius 3 is 2.55 bits per heavy atom. The van der Waals surface area contributed by atoms with Crippen molar-refractivity contribution in [3.05, 3.63) is 81.6 Å². The minimum absolute atomic E-state index is 0.202. The van der Waals surface area contributed by atoms with Gasteiger partial charge < -0.3 is 10.6 Å². The Labute approximate surface area is 182 Å². The predicted octanol–water partition coefficient (Wildman–Crippen LogP) is 4.51. The molecule has 2 heterocycles. The van der Waals surface area contributed by atoms with Gasteiger partial charge in [-0.2, -0.15) is 5.10 Å². The SMILES string of the molecule is CNC(=O)c1cccc(NC(=O)c2cc3c(C)nn(Cc4ccc(F)cc4)c3s2)c1C.